The number of rotatable bonds is 5. The summed E-state index contributed by atoms with van der Waals surface area (Å²) in [6.45, 7) is 0. The largest absolute Gasteiger partial charge is 0.307 e. The summed E-state index contributed by atoms with van der Waals surface area (Å²) in [5, 5.41) is 2.52. The number of pyridine rings is 1. The van der Waals surface area contributed by atoms with E-state index in [4.69, 9.17) is 0 Å². The lowest BCUT2D eigenvalue weighted by Crippen LogP contribution is -2.15. The number of allylic oxidation sites excluding steroid dienone is 1. The molecule has 29 heavy (non-hydrogen) atoms. The molecule has 1 fully saturated rings. The zero-order valence-corrected chi connectivity index (χ0v) is 16.3. The molecule has 3 rings (SSSR count). The van der Waals surface area contributed by atoms with Crippen LogP contribution in [0.1, 0.15) is 18.4 Å². The first-order valence-corrected chi connectivity index (χ1v) is 10.8. The van der Waals surface area contributed by atoms with Crippen LogP contribution in [0.15, 0.2) is 53.6 Å². The molecule has 1 aliphatic carbocycles. The molecule has 0 saturated heterocycles. The summed E-state index contributed by atoms with van der Waals surface area (Å²) in [6.07, 6.45) is 0.215. The molecule has 5 nitrogen and oxygen atoms in total. The van der Waals surface area contributed by atoms with E-state index in [0.717, 1.165) is 18.5 Å². The Labute approximate surface area is 166 Å². The Morgan fingerprint density at radius 1 is 1.10 bits per heavy atom. The fourth-order valence-electron chi connectivity index (χ4n) is 3.16. The van der Waals surface area contributed by atoms with Crippen LogP contribution in [0.2, 0.25) is 0 Å². The van der Waals surface area contributed by atoms with Crippen LogP contribution in [0.3, 0.4) is 0 Å². The summed E-state index contributed by atoms with van der Waals surface area (Å²) in [6, 6.07) is 8.02. The molecule has 1 unspecified atom stereocenters. The number of carbonyl (C=O) groups excluding carboxylic acids is 1. The molecule has 1 aliphatic rings. The third-order valence-corrected chi connectivity index (χ3v) is 5.79. The van der Waals surface area contributed by atoms with Gasteiger partial charge in [0, 0.05) is 11.8 Å². The fraction of sp³-hybridized carbons (Fsp3) is 0.300. The maximum Gasteiger partial charge on any atom is 0.257 e. The van der Waals surface area contributed by atoms with Crippen LogP contribution in [0, 0.1) is 11.7 Å². The monoisotopic (exact) mass is 424 g/mol. The van der Waals surface area contributed by atoms with E-state index in [9.17, 15) is 26.4 Å². The minimum Gasteiger partial charge on any atom is -0.307 e. The van der Waals surface area contributed by atoms with Gasteiger partial charge in [-0.15, -0.1) is 0 Å². The van der Waals surface area contributed by atoms with Gasteiger partial charge in [0.1, 0.15) is 24.0 Å². The number of nitrogens with one attached hydrogen (secondary N) is 1. The minimum absolute atomic E-state index is 0.0475. The summed E-state index contributed by atoms with van der Waals surface area (Å²) in [4.78, 5) is 16.7. The first-order chi connectivity index (χ1) is 13.6. The van der Waals surface area contributed by atoms with E-state index in [1.165, 1.54) is 36.4 Å². The summed E-state index contributed by atoms with van der Waals surface area (Å²) in [5.41, 5.74) is 0.511. The van der Waals surface area contributed by atoms with Crippen LogP contribution in [0.4, 0.5) is 19.0 Å². The van der Waals surface area contributed by atoms with Crippen molar-refractivity contribution in [3.8, 4) is 0 Å². The molecule has 9 heteroatoms. The van der Waals surface area contributed by atoms with Gasteiger partial charge in [0.25, 0.3) is 5.91 Å². The molecule has 1 N–H and O–H groups in total. The molecule has 0 bridgehead atoms. The highest BCUT2D eigenvalue weighted by molar-refractivity contribution is 7.90. The molecule has 154 valence electrons. The first kappa shape index (κ1) is 21.0. The number of aromatic nitrogens is 1. The second-order valence-corrected chi connectivity index (χ2v) is 8.97. The molecule has 2 aromatic rings. The molecular formula is C20H19F3N2O3S. The molecule has 3 atom stereocenters. The second-order valence-electron chi connectivity index (χ2n) is 6.96. The Morgan fingerprint density at radius 3 is 2.24 bits per heavy atom. The highest BCUT2D eigenvalue weighted by Crippen LogP contribution is 2.34. The van der Waals surface area contributed by atoms with E-state index in [0.29, 0.717) is 5.56 Å². The molecule has 1 aromatic carbocycles. The zero-order chi connectivity index (χ0) is 21.2. The summed E-state index contributed by atoms with van der Waals surface area (Å²) in [7, 11) is -3.42. The minimum atomic E-state index is -3.42. The fourth-order valence-corrected chi connectivity index (χ4v) is 3.79. The molecule has 1 amide bonds. The number of amides is 1. The van der Waals surface area contributed by atoms with Crippen molar-refractivity contribution < 1.29 is 26.4 Å². The number of sulfone groups is 1. The molecule has 0 spiro atoms. The van der Waals surface area contributed by atoms with Crippen molar-refractivity contribution in [2.75, 3.05) is 11.6 Å². The van der Waals surface area contributed by atoms with Gasteiger partial charge in [-0.25, -0.2) is 26.6 Å². The number of carbonyl (C=O) groups is 1. The normalized spacial score (nSPS) is 22.5. The van der Waals surface area contributed by atoms with Crippen LogP contribution in [-0.4, -0.2) is 37.9 Å². The van der Waals surface area contributed by atoms with Crippen molar-refractivity contribution in [3.63, 3.8) is 0 Å². The van der Waals surface area contributed by atoms with Gasteiger partial charge in [-0.3, -0.25) is 4.79 Å². The summed E-state index contributed by atoms with van der Waals surface area (Å²) < 4.78 is 63.5. The molecule has 0 radical (unpaired) electrons. The average molecular weight is 424 g/mol. The molecule has 1 saturated carbocycles. The molecular weight excluding hydrogens is 405 g/mol. The Morgan fingerprint density at radius 2 is 1.72 bits per heavy atom. The molecule has 1 aromatic heterocycles. The average Bonchev–Trinajstić information content (AvgIpc) is 2.98. The standard InChI is InChI=1S/C20H19F3N2O3S/c1-29(27,28)15-5-2-13(3-6-15)16(8-12-9-17(22)18(23)10-12)20(26)25-19-7-4-14(21)11-24-19/h2-8,11-12,17-18H,9-10H2,1H3,(H,24,25,26)/b16-8+/t12?,17-,18+. The van der Waals surface area contributed by atoms with Crippen molar-refractivity contribution in [1.29, 1.82) is 0 Å². The second kappa shape index (κ2) is 8.36. The lowest BCUT2D eigenvalue weighted by atomic mass is 9.98. The topological polar surface area (TPSA) is 76.1 Å². The van der Waals surface area contributed by atoms with E-state index in [-0.39, 0.29) is 29.1 Å². The van der Waals surface area contributed by atoms with Crippen molar-refractivity contribution in [2.24, 2.45) is 5.92 Å². The zero-order valence-electron chi connectivity index (χ0n) is 15.5. The van der Waals surface area contributed by atoms with Gasteiger partial charge in [0.15, 0.2) is 9.84 Å². The van der Waals surface area contributed by atoms with Crippen molar-refractivity contribution in [2.45, 2.75) is 30.1 Å². The highest BCUT2D eigenvalue weighted by atomic mass is 32.2. The van der Waals surface area contributed by atoms with Gasteiger partial charge < -0.3 is 5.32 Å². The first-order valence-electron chi connectivity index (χ1n) is 8.87. The third-order valence-electron chi connectivity index (χ3n) is 4.66. The van der Waals surface area contributed by atoms with Gasteiger partial charge in [-0.1, -0.05) is 18.2 Å². The number of hydrogen-bond donors (Lipinski definition) is 1. The number of hydrogen-bond acceptors (Lipinski definition) is 4. The van der Waals surface area contributed by atoms with Crippen LogP contribution in [0.5, 0.6) is 0 Å². The van der Waals surface area contributed by atoms with Gasteiger partial charge in [0.05, 0.1) is 11.1 Å². The van der Waals surface area contributed by atoms with Gasteiger partial charge in [-0.05, 0) is 48.6 Å². The highest BCUT2D eigenvalue weighted by Gasteiger charge is 2.34. The summed E-state index contributed by atoms with van der Waals surface area (Å²) in [5.74, 6) is -1.55. The lowest BCUT2D eigenvalue weighted by Gasteiger charge is -2.12. The van der Waals surface area contributed by atoms with Gasteiger partial charge >= 0.3 is 0 Å². The Hall–Kier alpha value is -2.68. The number of halogens is 3. The Bertz CT molecular complexity index is 1010. The number of alkyl halides is 2. The molecule has 1 heterocycles. The number of anilines is 1. The van der Waals surface area contributed by atoms with E-state index in [1.54, 1.807) is 0 Å². The van der Waals surface area contributed by atoms with Crippen molar-refractivity contribution in [1.82, 2.24) is 4.98 Å². The van der Waals surface area contributed by atoms with E-state index in [1.807, 2.05) is 0 Å². The van der Waals surface area contributed by atoms with E-state index >= 15 is 0 Å². The van der Waals surface area contributed by atoms with Crippen LogP contribution in [0.25, 0.3) is 5.57 Å². The van der Waals surface area contributed by atoms with E-state index in [2.05, 4.69) is 10.3 Å². The number of benzene rings is 1. The summed E-state index contributed by atoms with van der Waals surface area (Å²) >= 11 is 0. The van der Waals surface area contributed by atoms with Crippen LogP contribution in [-0.2, 0) is 14.6 Å². The van der Waals surface area contributed by atoms with Crippen LogP contribution >= 0.6 is 0 Å². The quantitative estimate of drug-likeness (QED) is 0.742. The molecule has 0 aliphatic heterocycles. The smallest absolute Gasteiger partial charge is 0.257 e. The van der Waals surface area contributed by atoms with E-state index < -0.39 is 39.8 Å². The SMILES string of the molecule is CS(=O)(=O)c1ccc(/C(=C\C2C[C@@H](F)[C@@H](F)C2)C(=O)Nc2ccc(F)cn2)cc1. The maximum absolute atomic E-state index is 13.6. The van der Waals surface area contributed by atoms with Crippen LogP contribution < -0.4 is 5.32 Å². The maximum atomic E-state index is 13.6. The predicted octanol–water partition coefficient (Wildman–Crippen LogP) is 3.73. The van der Waals surface area contributed by atoms with Crippen molar-refractivity contribution in [3.05, 3.63) is 60.1 Å². The number of nitrogens with zero attached hydrogens (tertiary/aromatic N) is 1. The Balaban J connectivity index is 1.93. The third kappa shape index (κ3) is 5.23. The van der Waals surface area contributed by atoms with Gasteiger partial charge in [0.2, 0.25) is 0 Å². The van der Waals surface area contributed by atoms with Gasteiger partial charge in [-0.2, -0.15) is 0 Å². The Kier molecular flexibility index (Phi) is 6.07. The van der Waals surface area contributed by atoms with Crippen molar-refractivity contribution >= 4 is 27.1 Å². The lowest BCUT2D eigenvalue weighted by molar-refractivity contribution is -0.111. The predicted molar refractivity (Wildman–Crippen MR) is 103 cm³/mol.